The van der Waals surface area contributed by atoms with Crippen molar-refractivity contribution in [1.82, 2.24) is 10.6 Å². The van der Waals surface area contributed by atoms with Gasteiger partial charge in [0.1, 0.15) is 6.54 Å². The molecule has 0 spiro atoms. The first-order valence-corrected chi connectivity index (χ1v) is 5.71. The Bertz CT molecular complexity index is 468. The van der Waals surface area contributed by atoms with E-state index in [0.29, 0.717) is 12.1 Å². The normalized spacial score (nSPS) is 9.58. The van der Waals surface area contributed by atoms with Crippen LogP contribution >= 0.6 is 0 Å². The molecule has 0 atom stereocenters. The number of ether oxygens (including phenoxy) is 1. The van der Waals surface area contributed by atoms with Gasteiger partial charge >= 0.3 is 5.97 Å². The highest BCUT2D eigenvalue weighted by atomic mass is 16.5. The number of methoxy groups -OCH3 is 1. The Hall–Kier alpha value is -2.37. The average molecular weight is 264 g/mol. The van der Waals surface area contributed by atoms with Crippen molar-refractivity contribution in [2.75, 3.05) is 13.7 Å². The standard InChI is InChI=1S/C13H16N2O4/c1-9(16)14-7-10-3-5-11(6-4-10)13(18)15-8-12(17)19-2/h3-6H,7-8H2,1-2H3,(H,14,16)(H,15,18). The van der Waals surface area contributed by atoms with Crippen molar-refractivity contribution in [3.8, 4) is 0 Å². The minimum atomic E-state index is -0.504. The molecule has 0 unspecified atom stereocenters. The molecule has 0 aromatic heterocycles. The van der Waals surface area contributed by atoms with Crippen molar-refractivity contribution >= 4 is 17.8 Å². The molecule has 0 aliphatic heterocycles. The summed E-state index contributed by atoms with van der Waals surface area (Å²) in [5, 5.41) is 5.09. The van der Waals surface area contributed by atoms with Crippen molar-refractivity contribution in [3.63, 3.8) is 0 Å². The Balaban J connectivity index is 2.53. The molecule has 0 saturated carbocycles. The zero-order valence-corrected chi connectivity index (χ0v) is 10.9. The van der Waals surface area contributed by atoms with E-state index in [9.17, 15) is 14.4 Å². The Morgan fingerprint density at radius 2 is 1.74 bits per heavy atom. The van der Waals surface area contributed by atoms with Crippen molar-refractivity contribution in [3.05, 3.63) is 35.4 Å². The van der Waals surface area contributed by atoms with Crippen molar-refractivity contribution in [2.24, 2.45) is 0 Å². The minimum absolute atomic E-state index is 0.111. The molecule has 0 aliphatic carbocycles. The zero-order chi connectivity index (χ0) is 14.3. The number of esters is 1. The average Bonchev–Trinajstić information content (AvgIpc) is 2.42. The van der Waals surface area contributed by atoms with Crippen LogP contribution in [-0.4, -0.2) is 31.4 Å². The Kier molecular flexibility index (Phi) is 5.53. The van der Waals surface area contributed by atoms with Crippen LogP contribution in [-0.2, 0) is 20.9 Å². The maximum Gasteiger partial charge on any atom is 0.325 e. The first-order chi connectivity index (χ1) is 9.02. The highest BCUT2D eigenvalue weighted by Crippen LogP contribution is 2.04. The first kappa shape index (κ1) is 14.7. The van der Waals surface area contributed by atoms with Crippen LogP contribution in [0.5, 0.6) is 0 Å². The third-order valence-electron chi connectivity index (χ3n) is 2.38. The number of carbonyl (C=O) groups excluding carboxylic acids is 3. The van der Waals surface area contributed by atoms with Gasteiger partial charge in [0.05, 0.1) is 7.11 Å². The van der Waals surface area contributed by atoms with Crippen LogP contribution in [0.25, 0.3) is 0 Å². The lowest BCUT2D eigenvalue weighted by molar-refractivity contribution is -0.139. The van der Waals surface area contributed by atoms with E-state index >= 15 is 0 Å². The number of benzene rings is 1. The minimum Gasteiger partial charge on any atom is -0.468 e. The molecule has 102 valence electrons. The van der Waals surface area contributed by atoms with Crippen LogP contribution in [0.2, 0.25) is 0 Å². The van der Waals surface area contributed by atoms with E-state index in [1.54, 1.807) is 24.3 Å². The van der Waals surface area contributed by atoms with E-state index in [4.69, 9.17) is 0 Å². The fourth-order valence-corrected chi connectivity index (χ4v) is 1.33. The molecule has 0 heterocycles. The SMILES string of the molecule is COC(=O)CNC(=O)c1ccc(CNC(C)=O)cc1. The molecule has 1 aromatic carbocycles. The second kappa shape index (κ2) is 7.15. The third kappa shape index (κ3) is 5.20. The summed E-state index contributed by atoms with van der Waals surface area (Å²) in [7, 11) is 1.26. The Morgan fingerprint density at radius 1 is 1.11 bits per heavy atom. The van der Waals surface area contributed by atoms with Crippen LogP contribution in [0.4, 0.5) is 0 Å². The van der Waals surface area contributed by atoms with Gasteiger partial charge in [-0.05, 0) is 17.7 Å². The summed E-state index contributed by atoms with van der Waals surface area (Å²) < 4.78 is 4.42. The van der Waals surface area contributed by atoms with E-state index in [1.807, 2.05) is 0 Å². The molecular weight excluding hydrogens is 248 g/mol. The molecule has 0 saturated heterocycles. The lowest BCUT2D eigenvalue weighted by Crippen LogP contribution is -2.30. The van der Waals surface area contributed by atoms with Crippen molar-refractivity contribution in [1.29, 1.82) is 0 Å². The highest BCUT2D eigenvalue weighted by Gasteiger charge is 2.07. The molecule has 6 heteroatoms. The lowest BCUT2D eigenvalue weighted by atomic mass is 10.1. The van der Waals surface area contributed by atoms with Crippen LogP contribution in [0.15, 0.2) is 24.3 Å². The van der Waals surface area contributed by atoms with Crippen LogP contribution in [0.1, 0.15) is 22.8 Å². The molecule has 6 nitrogen and oxygen atoms in total. The van der Waals surface area contributed by atoms with E-state index < -0.39 is 5.97 Å². The van der Waals surface area contributed by atoms with Gasteiger partial charge in [0.15, 0.2) is 0 Å². The van der Waals surface area contributed by atoms with Gasteiger partial charge in [0, 0.05) is 19.0 Å². The Labute approximate surface area is 111 Å². The second-order valence-corrected chi connectivity index (χ2v) is 3.87. The number of rotatable bonds is 5. The summed E-state index contributed by atoms with van der Waals surface area (Å²) in [4.78, 5) is 33.3. The van der Waals surface area contributed by atoms with Crippen LogP contribution < -0.4 is 10.6 Å². The molecule has 1 rings (SSSR count). The maximum atomic E-state index is 11.7. The quantitative estimate of drug-likeness (QED) is 0.745. The lowest BCUT2D eigenvalue weighted by Gasteiger charge is -2.06. The number of hydrogen-bond acceptors (Lipinski definition) is 4. The molecule has 1 aromatic rings. The second-order valence-electron chi connectivity index (χ2n) is 3.87. The molecule has 2 N–H and O–H groups in total. The molecule has 2 amide bonds. The number of carbonyl (C=O) groups is 3. The zero-order valence-electron chi connectivity index (χ0n) is 10.9. The highest BCUT2D eigenvalue weighted by molar-refractivity contribution is 5.95. The fourth-order valence-electron chi connectivity index (χ4n) is 1.33. The van der Waals surface area contributed by atoms with Crippen molar-refractivity contribution in [2.45, 2.75) is 13.5 Å². The third-order valence-corrected chi connectivity index (χ3v) is 2.38. The summed E-state index contributed by atoms with van der Waals surface area (Å²) >= 11 is 0. The summed E-state index contributed by atoms with van der Waals surface area (Å²) in [6.45, 7) is 1.69. The number of hydrogen-bond donors (Lipinski definition) is 2. The topological polar surface area (TPSA) is 84.5 Å². The Morgan fingerprint density at radius 3 is 2.26 bits per heavy atom. The summed E-state index contributed by atoms with van der Waals surface area (Å²) in [6.07, 6.45) is 0. The summed E-state index contributed by atoms with van der Waals surface area (Å²) in [5.74, 6) is -0.966. The summed E-state index contributed by atoms with van der Waals surface area (Å²) in [6, 6.07) is 6.74. The molecule has 19 heavy (non-hydrogen) atoms. The monoisotopic (exact) mass is 264 g/mol. The van der Waals surface area contributed by atoms with E-state index in [2.05, 4.69) is 15.4 Å². The van der Waals surface area contributed by atoms with Crippen LogP contribution in [0, 0.1) is 0 Å². The van der Waals surface area contributed by atoms with Gasteiger partial charge in [0.25, 0.3) is 5.91 Å². The summed E-state index contributed by atoms with van der Waals surface area (Å²) in [5.41, 5.74) is 1.33. The predicted octanol–water partition coefficient (Wildman–Crippen LogP) is 0.225. The van der Waals surface area contributed by atoms with Gasteiger partial charge < -0.3 is 15.4 Å². The van der Waals surface area contributed by atoms with Gasteiger partial charge in [-0.25, -0.2) is 0 Å². The predicted molar refractivity (Wildman–Crippen MR) is 68.3 cm³/mol. The van der Waals surface area contributed by atoms with Crippen molar-refractivity contribution < 1.29 is 19.1 Å². The maximum absolute atomic E-state index is 11.7. The van der Waals surface area contributed by atoms with E-state index in [1.165, 1.54) is 14.0 Å². The fraction of sp³-hybridized carbons (Fsp3) is 0.308. The van der Waals surface area contributed by atoms with E-state index in [-0.39, 0.29) is 18.4 Å². The molecule has 0 bridgehead atoms. The van der Waals surface area contributed by atoms with E-state index in [0.717, 1.165) is 5.56 Å². The van der Waals surface area contributed by atoms with Gasteiger partial charge in [-0.1, -0.05) is 12.1 Å². The largest absolute Gasteiger partial charge is 0.468 e. The molecule has 0 fully saturated rings. The molecule has 0 radical (unpaired) electrons. The van der Waals surface area contributed by atoms with Crippen LogP contribution in [0.3, 0.4) is 0 Å². The first-order valence-electron chi connectivity index (χ1n) is 5.71. The van der Waals surface area contributed by atoms with Gasteiger partial charge in [0.2, 0.25) is 5.91 Å². The van der Waals surface area contributed by atoms with Gasteiger partial charge in [-0.2, -0.15) is 0 Å². The number of nitrogens with one attached hydrogen (secondary N) is 2. The smallest absolute Gasteiger partial charge is 0.325 e. The molecule has 0 aliphatic rings. The number of amides is 2. The molecular formula is C13H16N2O4. The van der Waals surface area contributed by atoms with Gasteiger partial charge in [-0.15, -0.1) is 0 Å². The van der Waals surface area contributed by atoms with Gasteiger partial charge in [-0.3, -0.25) is 14.4 Å².